The van der Waals surface area contributed by atoms with Gasteiger partial charge in [-0.2, -0.15) is 5.06 Å². The van der Waals surface area contributed by atoms with Gasteiger partial charge in [-0.15, -0.1) is 0 Å². The minimum atomic E-state index is -0.339. The van der Waals surface area contributed by atoms with Gasteiger partial charge < -0.3 is 9.84 Å². The zero-order valence-electron chi connectivity index (χ0n) is 6.99. The van der Waals surface area contributed by atoms with Crippen molar-refractivity contribution in [2.24, 2.45) is 0 Å². The van der Waals surface area contributed by atoms with E-state index in [0.29, 0.717) is 19.8 Å². The lowest BCUT2D eigenvalue weighted by Crippen LogP contribution is -2.33. The maximum absolute atomic E-state index is 9.11. The number of β-amino-alcohol motifs (C(OH)–C–C–N with tert-alkyl or cyclic N) is 1. The average molecular weight is 161 g/mol. The van der Waals surface area contributed by atoms with Crippen LogP contribution >= 0.6 is 0 Å². The molecule has 1 aliphatic heterocycles. The predicted octanol–water partition coefficient (Wildman–Crippen LogP) is -0.371. The normalized spacial score (nSPS) is 29.2. The third kappa shape index (κ3) is 2.41. The van der Waals surface area contributed by atoms with Crippen LogP contribution in [0.3, 0.4) is 0 Å². The Morgan fingerprint density at radius 2 is 2.55 bits per heavy atom. The molecule has 1 aliphatic rings. The number of hydrogen-bond acceptors (Lipinski definition) is 4. The van der Waals surface area contributed by atoms with Crippen molar-refractivity contribution in [3.8, 4) is 0 Å². The van der Waals surface area contributed by atoms with Gasteiger partial charge in [0.25, 0.3) is 0 Å². The van der Waals surface area contributed by atoms with Crippen LogP contribution in [0.1, 0.15) is 6.92 Å². The number of hydroxylamine groups is 2. The van der Waals surface area contributed by atoms with Crippen LogP contribution in [0.4, 0.5) is 0 Å². The summed E-state index contributed by atoms with van der Waals surface area (Å²) in [6.07, 6.45) is -0.339. The van der Waals surface area contributed by atoms with E-state index >= 15 is 0 Å². The van der Waals surface area contributed by atoms with Gasteiger partial charge in [0.05, 0.1) is 31.9 Å². The standard InChI is InChI=1S/C7H15NO3/c1-6(4-10-2)8-3-7(9)5-11-8/h6-7,9H,3-5H2,1-2H3/t6?,7-/m0/s1. The van der Waals surface area contributed by atoms with E-state index in [1.807, 2.05) is 6.92 Å². The number of aliphatic hydroxyl groups excluding tert-OH is 1. The molecular formula is C7H15NO3. The summed E-state index contributed by atoms with van der Waals surface area (Å²) in [5.41, 5.74) is 0. The molecule has 1 N–H and O–H groups in total. The Morgan fingerprint density at radius 1 is 1.82 bits per heavy atom. The van der Waals surface area contributed by atoms with Gasteiger partial charge in [0.1, 0.15) is 0 Å². The second-order valence-electron chi connectivity index (χ2n) is 2.85. The van der Waals surface area contributed by atoms with Gasteiger partial charge in [0.2, 0.25) is 0 Å². The van der Waals surface area contributed by atoms with Crippen molar-refractivity contribution in [3.05, 3.63) is 0 Å². The van der Waals surface area contributed by atoms with Crippen molar-refractivity contribution < 1.29 is 14.7 Å². The Hall–Kier alpha value is -0.160. The van der Waals surface area contributed by atoms with Crippen LogP contribution in [0.15, 0.2) is 0 Å². The molecule has 2 atom stereocenters. The zero-order chi connectivity index (χ0) is 8.27. The van der Waals surface area contributed by atoms with E-state index in [9.17, 15) is 0 Å². The van der Waals surface area contributed by atoms with Crippen LogP contribution in [0.2, 0.25) is 0 Å². The molecule has 0 bridgehead atoms. The summed E-state index contributed by atoms with van der Waals surface area (Å²) in [5.74, 6) is 0. The van der Waals surface area contributed by atoms with Gasteiger partial charge in [-0.25, -0.2) is 0 Å². The predicted molar refractivity (Wildman–Crippen MR) is 40.0 cm³/mol. The van der Waals surface area contributed by atoms with E-state index in [1.165, 1.54) is 0 Å². The highest BCUT2D eigenvalue weighted by Gasteiger charge is 2.25. The lowest BCUT2D eigenvalue weighted by Gasteiger charge is -2.20. The van der Waals surface area contributed by atoms with Crippen molar-refractivity contribution in [3.63, 3.8) is 0 Å². The van der Waals surface area contributed by atoms with Gasteiger partial charge in [-0.3, -0.25) is 4.84 Å². The molecule has 4 nitrogen and oxygen atoms in total. The molecule has 1 unspecified atom stereocenters. The Bertz CT molecular complexity index is 120. The molecule has 1 saturated heterocycles. The maximum atomic E-state index is 9.11. The molecule has 0 aromatic heterocycles. The number of rotatable bonds is 3. The third-order valence-corrected chi connectivity index (χ3v) is 1.72. The number of hydrogen-bond donors (Lipinski definition) is 1. The van der Waals surface area contributed by atoms with Gasteiger partial charge in [0.15, 0.2) is 0 Å². The monoisotopic (exact) mass is 161 g/mol. The van der Waals surface area contributed by atoms with Crippen LogP contribution in [0.5, 0.6) is 0 Å². The molecule has 11 heavy (non-hydrogen) atoms. The van der Waals surface area contributed by atoms with Crippen molar-refractivity contribution >= 4 is 0 Å². The van der Waals surface area contributed by atoms with E-state index in [0.717, 1.165) is 0 Å². The molecule has 1 rings (SSSR count). The maximum Gasteiger partial charge on any atom is 0.0958 e. The summed E-state index contributed by atoms with van der Waals surface area (Å²) in [7, 11) is 1.66. The Morgan fingerprint density at radius 3 is 3.00 bits per heavy atom. The van der Waals surface area contributed by atoms with E-state index in [4.69, 9.17) is 14.7 Å². The van der Waals surface area contributed by atoms with Crippen molar-refractivity contribution in [1.29, 1.82) is 0 Å². The van der Waals surface area contributed by atoms with Crippen molar-refractivity contribution in [2.75, 3.05) is 26.9 Å². The zero-order valence-corrected chi connectivity index (χ0v) is 6.99. The summed E-state index contributed by atoms with van der Waals surface area (Å²) in [6.45, 7) is 3.63. The summed E-state index contributed by atoms with van der Waals surface area (Å²) < 4.78 is 4.95. The highest BCUT2D eigenvalue weighted by Crippen LogP contribution is 2.09. The molecule has 4 heteroatoms. The first-order valence-corrected chi connectivity index (χ1v) is 3.80. The fourth-order valence-corrected chi connectivity index (χ4v) is 1.13. The first-order valence-electron chi connectivity index (χ1n) is 3.80. The summed E-state index contributed by atoms with van der Waals surface area (Å²) in [6, 6.07) is 0.220. The fraction of sp³-hybridized carbons (Fsp3) is 1.00. The lowest BCUT2D eigenvalue weighted by atomic mass is 10.3. The molecule has 1 heterocycles. The number of aliphatic hydroxyl groups is 1. The molecule has 1 fully saturated rings. The molecule has 0 radical (unpaired) electrons. The van der Waals surface area contributed by atoms with Crippen molar-refractivity contribution in [1.82, 2.24) is 5.06 Å². The highest BCUT2D eigenvalue weighted by molar-refractivity contribution is 4.68. The van der Waals surface area contributed by atoms with E-state index in [1.54, 1.807) is 12.2 Å². The van der Waals surface area contributed by atoms with E-state index < -0.39 is 0 Å². The third-order valence-electron chi connectivity index (χ3n) is 1.72. The fourth-order valence-electron chi connectivity index (χ4n) is 1.13. The van der Waals surface area contributed by atoms with Gasteiger partial charge in [0, 0.05) is 7.11 Å². The van der Waals surface area contributed by atoms with E-state index in [2.05, 4.69) is 0 Å². The number of methoxy groups -OCH3 is 1. The Balaban J connectivity index is 2.25. The van der Waals surface area contributed by atoms with E-state index in [-0.39, 0.29) is 12.1 Å². The largest absolute Gasteiger partial charge is 0.389 e. The smallest absolute Gasteiger partial charge is 0.0958 e. The quantitative estimate of drug-likeness (QED) is 0.613. The Kier molecular flexibility index (Phi) is 3.26. The van der Waals surface area contributed by atoms with Crippen LogP contribution < -0.4 is 0 Å². The van der Waals surface area contributed by atoms with Crippen molar-refractivity contribution in [2.45, 2.75) is 19.1 Å². The Labute approximate surface area is 66.7 Å². The summed E-state index contributed by atoms with van der Waals surface area (Å²) >= 11 is 0. The molecular weight excluding hydrogens is 146 g/mol. The van der Waals surface area contributed by atoms with Crippen LogP contribution in [0.25, 0.3) is 0 Å². The first kappa shape index (κ1) is 8.93. The minimum absolute atomic E-state index is 0.220. The second kappa shape index (κ2) is 4.01. The van der Waals surface area contributed by atoms with Gasteiger partial charge in [-0.1, -0.05) is 0 Å². The summed E-state index contributed by atoms with van der Waals surface area (Å²) in [5, 5.41) is 10.9. The molecule has 0 aliphatic carbocycles. The lowest BCUT2D eigenvalue weighted by molar-refractivity contribution is -0.148. The average Bonchev–Trinajstić information content (AvgIpc) is 2.36. The number of ether oxygens (including phenoxy) is 1. The first-order chi connectivity index (χ1) is 5.24. The molecule has 0 aromatic rings. The second-order valence-corrected chi connectivity index (χ2v) is 2.85. The van der Waals surface area contributed by atoms with Gasteiger partial charge in [-0.05, 0) is 6.92 Å². The molecule has 0 aromatic carbocycles. The number of nitrogens with zero attached hydrogens (tertiary/aromatic N) is 1. The summed E-state index contributed by atoms with van der Waals surface area (Å²) in [4.78, 5) is 5.18. The molecule has 66 valence electrons. The SMILES string of the molecule is COCC(C)N1C[C@H](O)CO1. The molecule has 0 amide bonds. The van der Waals surface area contributed by atoms with Crippen LogP contribution in [-0.2, 0) is 9.57 Å². The minimum Gasteiger partial charge on any atom is -0.389 e. The van der Waals surface area contributed by atoms with Crippen LogP contribution in [0, 0.1) is 0 Å². The molecule has 0 saturated carbocycles. The topological polar surface area (TPSA) is 41.9 Å². The van der Waals surface area contributed by atoms with Gasteiger partial charge >= 0.3 is 0 Å². The molecule has 0 spiro atoms. The van der Waals surface area contributed by atoms with Crippen LogP contribution in [-0.4, -0.2) is 49.2 Å². The highest BCUT2D eigenvalue weighted by atomic mass is 16.7.